The third-order valence-corrected chi connectivity index (χ3v) is 5.66. The number of thiophene rings is 1. The lowest BCUT2D eigenvalue weighted by Crippen LogP contribution is -2.47. The van der Waals surface area contributed by atoms with Crippen molar-refractivity contribution in [3.63, 3.8) is 0 Å². The van der Waals surface area contributed by atoms with Gasteiger partial charge in [-0.05, 0) is 25.3 Å². The van der Waals surface area contributed by atoms with E-state index in [1.807, 2.05) is 0 Å². The SMILES string of the molecule is O=C(O)C1CCN(C(=O)C2CCCN2C(=O)c2ccc([N+](=O)[O-])s2)C1. The second-order valence-corrected chi connectivity index (χ2v) is 7.22. The molecule has 0 aromatic carbocycles. The number of carboxylic acids is 1. The first-order chi connectivity index (χ1) is 11.9. The number of nitrogens with zero attached hydrogens (tertiary/aromatic N) is 3. The molecule has 2 fully saturated rings. The summed E-state index contributed by atoms with van der Waals surface area (Å²) in [5.74, 6) is -2.10. The molecule has 3 heterocycles. The quantitative estimate of drug-likeness (QED) is 0.630. The van der Waals surface area contributed by atoms with Crippen LogP contribution < -0.4 is 0 Å². The molecule has 0 saturated carbocycles. The number of carbonyl (C=O) groups is 3. The average molecular weight is 367 g/mol. The van der Waals surface area contributed by atoms with Gasteiger partial charge in [-0.2, -0.15) is 0 Å². The van der Waals surface area contributed by atoms with Crippen LogP contribution in [0.25, 0.3) is 0 Å². The summed E-state index contributed by atoms with van der Waals surface area (Å²) < 4.78 is 0. The van der Waals surface area contributed by atoms with Crippen molar-refractivity contribution >= 4 is 34.1 Å². The van der Waals surface area contributed by atoms with Gasteiger partial charge in [0.25, 0.3) is 5.91 Å². The monoisotopic (exact) mass is 367 g/mol. The van der Waals surface area contributed by atoms with Crippen molar-refractivity contribution in [1.29, 1.82) is 0 Å². The van der Waals surface area contributed by atoms with Crippen LogP contribution in [0.2, 0.25) is 0 Å². The first-order valence-electron chi connectivity index (χ1n) is 7.95. The number of hydrogen-bond acceptors (Lipinski definition) is 6. The predicted octanol–water partition coefficient (Wildman–Crippen LogP) is 1.19. The zero-order chi connectivity index (χ0) is 18.1. The lowest BCUT2D eigenvalue weighted by molar-refractivity contribution is -0.380. The molecule has 2 unspecified atom stereocenters. The summed E-state index contributed by atoms with van der Waals surface area (Å²) >= 11 is 0.793. The van der Waals surface area contributed by atoms with E-state index >= 15 is 0 Å². The lowest BCUT2D eigenvalue weighted by atomic mass is 10.1. The molecule has 0 spiro atoms. The Bertz CT molecular complexity index is 733. The van der Waals surface area contributed by atoms with Gasteiger partial charge < -0.3 is 14.9 Å². The smallest absolute Gasteiger partial charge is 0.324 e. The van der Waals surface area contributed by atoms with Gasteiger partial charge in [-0.3, -0.25) is 24.5 Å². The summed E-state index contributed by atoms with van der Waals surface area (Å²) in [7, 11) is 0. The van der Waals surface area contributed by atoms with Gasteiger partial charge in [-0.15, -0.1) is 0 Å². The van der Waals surface area contributed by atoms with Crippen LogP contribution in [0.5, 0.6) is 0 Å². The summed E-state index contributed by atoms with van der Waals surface area (Å²) in [6, 6.07) is 2.06. The lowest BCUT2D eigenvalue weighted by Gasteiger charge is -2.27. The molecule has 2 saturated heterocycles. The van der Waals surface area contributed by atoms with Gasteiger partial charge in [0.15, 0.2) is 0 Å². The van der Waals surface area contributed by atoms with E-state index in [0.717, 1.165) is 11.3 Å². The van der Waals surface area contributed by atoms with Gasteiger partial charge in [0.1, 0.15) is 6.04 Å². The molecular formula is C15H17N3O6S. The fraction of sp³-hybridized carbons (Fsp3) is 0.533. The second kappa shape index (κ2) is 6.79. The molecule has 9 nitrogen and oxygen atoms in total. The Hall–Kier alpha value is -2.49. The Morgan fingerprint density at radius 3 is 2.60 bits per heavy atom. The van der Waals surface area contributed by atoms with E-state index in [-0.39, 0.29) is 28.2 Å². The first kappa shape index (κ1) is 17.3. The van der Waals surface area contributed by atoms with E-state index in [9.17, 15) is 24.5 Å². The molecule has 10 heteroatoms. The summed E-state index contributed by atoms with van der Waals surface area (Å²) in [6.07, 6.45) is 1.61. The largest absolute Gasteiger partial charge is 0.481 e. The predicted molar refractivity (Wildman–Crippen MR) is 87.4 cm³/mol. The summed E-state index contributed by atoms with van der Waals surface area (Å²) in [5, 5.41) is 19.7. The number of rotatable bonds is 4. The maximum Gasteiger partial charge on any atom is 0.324 e. The fourth-order valence-corrected chi connectivity index (χ4v) is 4.10. The highest BCUT2D eigenvalue weighted by molar-refractivity contribution is 7.17. The average Bonchev–Trinajstić information content (AvgIpc) is 3.32. The van der Waals surface area contributed by atoms with Crippen molar-refractivity contribution in [2.24, 2.45) is 5.92 Å². The van der Waals surface area contributed by atoms with Crippen LogP contribution in [-0.4, -0.2) is 63.3 Å². The van der Waals surface area contributed by atoms with Crippen molar-refractivity contribution in [2.45, 2.75) is 25.3 Å². The molecule has 1 aromatic rings. The molecule has 25 heavy (non-hydrogen) atoms. The van der Waals surface area contributed by atoms with Crippen LogP contribution in [0, 0.1) is 16.0 Å². The molecule has 1 aromatic heterocycles. The van der Waals surface area contributed by atoms with Gasteiger partial charge in [0, 0.05) is 25.7 Å². The van der Waals surface area contributed by atoms with E-state index in [0.29, 0.717) is 32.4 Å². The molecule has 2 atom stereocenters. The van der Waals surface area contributed by atoms with Crippen molar-refractivity contribution in [3.05, 3.63) is 27.1 Å². The number of amides is 2. The van der Waals surface area contributed by atoms with Crippen LogP contribution in [-0.2, 0) is 9.59 Å². The molecule has 1 N–H and O–H groups in total. The summed E-state index contributed by atoms with van der Waals surface area (Å²) in [5.41, 5.74) is 0. The topological polar surface area (TPSA) is 121 Å². The highest BCUT2D eigenvalue weighted by atomic mass is 32.1. The molecule has 3 rings (SSSR count). The van der Waals surface area contributed by atoms with E-state index in [4.69, 9.17) is 5.11 Å². The summed E-state index contributed by atoms with van der Waals surface area (Å²) in [6.45, 7) is 0.951. The Morgan fingerprint density at radius 2 is 2.00 bits per heavy atom. The minimum Gasteiger partial charge on any atom is -0.481 e. The maximum atomic E-state index is 12.7. The van der Waals surface area contributed by atoms with Gasteiger partial charge in [-0.1, -0.05) is 11.3 Å². The van der Waals surface area contributed by atoms with Crippen molar-refractivity contribution in [3.8, 4) is 0 Å². The van der Waals surface area contributed by atoms with E-state index < -0.39 is 22.9 Å². The van der Waals surface area contributed by atoms with E-state index in [1.165, 1.54) is 21.9 Å². The fourth-order valence-electron chi connectivity index (χ4n) is 3.32. The summed E-state index contributed by atoms with van der Waals surface area (Å²) in [4.78, 5) is 49.8. The number of likely N-dealkylation sites (tertiary alicyclic amines) is 2. The van der Waals surface area contributed by atoms with Crippen LogP contribution in [0.1, 0.15) is 28.9 Å². The Kier molecular flexibility index (Phi) is 4.71. The minimum atomic E-state index is -0.916. The third kappa shape index (κ3) is 3.34. The first-order valence-corrected chi connectivity index (χ1v) is 8.77. The van der Waals surface area contributed by atoms with Crippen LogP contribution >= 0.6 is 11.3 Å². The van der Waals surface area contributed by atoms with Crippen molar-refractivity contribution in [2.75, 3.05) is 19.6 Å². The molecule has 0 aliphatic carbocycles. The van der Waals surface area contributed by atoms with Gasteiger partial charge in [-0.25, -0.2) is 0 Å². The molecule has 134 valence electrons. The number of hydrogen-bond donors (Lipinski definition) is 1. The van der Waals surface area contributed by atoms with E-state index in [1.54, 1.807) is 0 Å². The zero-order valence-electron chi connectivity index (χ0n) is 13.3. The van der Waals surface area contributed by atoms with Crippen LogP contribution in [0.4, 0.5) is 5.00 Å². The Labute approximate surface area is 147 Å². The Balaban J connectivity index is 1.71. The number of aliphatic carboxylic acids is 1. The molecule has 0 radical (unpaired) electrons. The molecular weight excluding hydrogens is 350 g/mol. The molecule has 0 bridgehead atoms. The normalized spacial score (nSPS) is 23.0. The van der Waals surface area contributed by atoms with E-state index in [2.05, 4.69) is 0 Å². The van der Waals surface area contributed by atoms with Crippen molar-refractivity contribution < 1.29 is 24.4 Å². The standard InChI is InChI=1S/C15H17N3O6S/c19-13(16-7-5-9(8-16)15(21)22)10-2-1-6-17(10)14(20)11-3-4-12(25-11)18(23)24/h3-4,9-10H,1-2,5-8H2,(H,21,22). The molecule has 2 aliphatic rings. The van der Waals surface area contributed by atoms with Crippen LogP contribution in [0.15, 0.2) is 12.1 Å². The minimum absolute atomic E-state index is 0.116. The Morgan fingerprint density at radius 1 is 1.24 bits per heavy atom. The molecule has 2 amide bonds. The van der Waals surface area contributed by atoms with Gasteiger partial charge in [0.2, 0.25) is 5.91 Å². The number of nitro groups is 1. The second-order valence-electron chi connectivity index (χ2n) is 6.16. The third-order valence-electron chi connectivity index (χ3n) is 4.63. The highest BCUT2D eigenvalue weighted by Gasteiger charge is 2.40. The molecule has 2 aliphatic heterocycles. The highest BCUT2D eigenvalue weighted by Crippen LogP contribution is 2.29. The maximum absolute atomic E-state index is 12.7. The number of carboxylic acid groups (broad SMARTS) is 1. The van der Waals surface area contributed by atoms with Crippen LogP contribution in [0.3, 0.4) is 0 Å². The van der Waals surface area contributed by atoms with Gasteiger partial charge >= 0.3 is 11.0 Å². The van der Waals surface area contributed by atoms with Gasteiger partial charge in [0.05, 0.1) is 15.7 Å². The number of carbonyl (C=O) groups excluding carboxylic acids is 2. The zero-order valence-corrected chi connectivity index (χ0v) is 14.1. The van der Waals surface area contributed by atoms with Crippen molar-refractivity contribution in [1.82, 2.24) is 9.80 Å².